The second kappa shape index (κ2) is 7.51. The van der Waals surface area contributed by atoms with Crippen molar-refractivity contribution in [3.05, 3.63) is 53.9 Å². The van der Waals surface area contributed by atoms with E-state index in [0.717, 1.165) is 36.9 Å². The lowest BCUT2D eigenvalue weighted by atomic mass is 9.96. The molecule has 3 heterocycles. The molecule has 0 amide bonds. The third-order valence-electron chi connectivity index (χ3n) is 5.46. The van der Waals surface area contributed by atoms with Crippen LogP contribution >= 0.6 is 0 Å². The van der Waals surface area contributed by atoms with Crippen molar-refractivity contribution >= 4 is 11.5 Å². The van der Waals surface area contributed by atoms with Crippen molar-refractivity contribution in [2.45, 2.75) is 39.2 Å². The molecule has 0 bridgehead atoms. The van der Waals surface area contributed by atoms with Crippen LogP contribution in [0.1, 0.15) is 38.6 Å². The summed E-state index contributed by atoms with van der Waals surface area (Å²) in [6.07, 6.45) is 1.24. The summed E-state index contributed by atoms with van der Waals surface area (Å²) in [5.74, 6) is 2.53. The lowest BCUT2D eigenvalue weighted by Crippen LogP contribution is -2.29. The van der Waals surface area contributed by atoms with Crippen LogP contribution in [0.15, 0.2) is 42.5 Å². The summed E-state index contributed by atoms with van der Waals surface area (Å²) < 4.78 is 1.89. The molecule has 1 unspecified atom stereocenters. The highest BCUT2D eigenvalue weighted by atomic mass is 15.4. The van der Waals surface area contributed by atoms with Crippen LogP contribution in [-0.2, 0) is 12.0 Å². The topological polar surface area (TPSA) is 49.6 Å². The van der Waals surface area contributed by atoms with Gasteiger partial charge in [-0.15, -0.1) is 15.3 Å². The van der Waals surface area contributed by atoms with E-state index in [2.05, 4.69) is 78.1 Å². The Morgan fingerprint density at radius 2 is 1.86 bits per heavy atom. The van der Waals surface area contributed by atoms with E-state index in [1.54, 1.807) is 0 Å². The minimum Gasteiger partial charge on any atom is -0.358 e. The summed E-state index contributed by atoms with van der Waals surface area (Å²) in [7, 11) is 2.13. The molecule has 1 aromatic carbocycles. The number of aromatic nitrogens is 4. The van der Waals surface area contributed by atoms with Gasteiger partial charge in [0.2, 0.25) is 0 Å². The molecule has 0 aliphatic carbocycles. The Morgan fingerprint density at radius 3 is 2.61 bits per heavy atom. The van der Waals surface area contributed by atoms with Gasteiger partial charge in [0.05, 0.1) is 0 Å². The molecule has 6 nitrogen and oxygen atoms in total. The summed E-state index contributed by atoms with van der Waals surface area (Å²) in [5, 5.41) is 13.4. The fourth-order valence-electron chi connectivity index (χ4n) is 3.98. The van der Waals surface area contributed by atoms with E-state index in [1.807, 2.05) is 16.6 Å². The third kappa shape index (κ3) is 4.02. The lowest BCUT2D eigenvalue weighted by Gasteiger charge is -2.23. The molecular formula is C22H30N6. The normalized spacial score (nSPS) is 18.1. The number of fused-ring (bicyclic) bond motifs is 1. The highest BCUT2D eigenvalue weighted by molar-refractivity contribution is 5.45. The molecule has 0 radical (unpaired) electrons. The van der Waals surface area contributed by atoms with E-state index < -0.39 is 0 Å². The average molecular weight is 379 g/mol. The number of likely N-dealkylation sites (tertiary alicyclic amines) is 1. The van der Waals surface area contributed by atoms with Crippen molar-refractivity contribution < 1.29 is 0 Å². The van der Waals surface area contributed by atoms with E-state index in [1.165, 1.54) is 18.5 Å². The largest absolute Gasteiger partial charge is 0.358 e. The van der Waals surface area contributed by atoms with Crippen LogP contribution in [-0.4, -0.2) is 51.4 Å². The van der Waals surface area contributed by atoms with Gasteiger partial charge in [0, 0.05) is 32.1 Å². The molecule has 28 heavy (non-hydrogen) atoms. The highest BCUT2D eigenvalue weighted by Gasteiger charge is 2.25. The number of hydrogen-bond donors (Lipinski definition) is 0. The maximum absolute atomic E-state index is 4.83. The molecule has 0 saturated carbocycles. The van der Waals surface area contributed by atoms with Crippen LogP contribution in [0.25, 0.3) is 5.65 Å². The maximum Gasteiger partial charge on any atom is 0.178 e. The fourth-order valence-corrected chi connectivity index (χ4v) is 3.98. The SMILES string of the molecule is CN(CC1CCN(Cc2ccccc2)C1)c1ccc2nnc(C(C)(C)C)n2n1. The van der Waals surface area contributed by atoms with Crippen molar-refractivity contribution in [2.24, 2.45) is 5.92 Å². The summed E-state index contributed by atoms with van der Waals surface area (Å²) in [4.78, 5) is 4.82. The fraction of sp³-hybridized carbons (Fsp3) is 0.500. The second-order valence-electron chi connectivity index (χ2n) is 8.99. The molecule has 0 spiro atoms. The number of anilines is 1. The van der Waals surface area contributed by atoms with Crippen LogP contribution in [0.4, 0.5) is 5.82 Å². The molecule has 148 valence electrons. The van der Waals surface area contributed by atoms with Gasteiger partial charge in [-0.1, -0.05) is 51.1 Å². The van der Waals surface area contributed by atoms with Crippen LogP contribution in [0.2, 0.25) is 0 Å². The average Bonchev–Trinajstić information content (AvgIpc) is 3.28. The first kappa shape index (κ1) is 18.9. The number of rotatable bonds is 5. The van der Waals surface area contributed by atoms with Gasteiger partial charge in [0.1, 0.15) is 5.82 Å². The number of nitrogens with zero attached hydrogens (tertiary/aromatic N) is 6. The summed E-state index contributed by atoms with van der Waals surface area (Å²) >= 11 is 0. The van der Waals surface area contributed by atoms with E-state index in [9.17, 15) is 0 Å². The standard InChI is InChI=1S/C22H30N6/c1-22(2,3)21-24-23-19-10-11-20(25-28(19)21)26(4)14-18-12-13-27(16-18)15-17-8-6-5-7-9-17/h5-11,18H,12-16H2,1-4H3. The minimum absolute atomic E-state index is 0.0903. The molecular weight excluding hydrogens is 348 g/mol. The van der Waals surface area contributed by atoms with Crippen LogP contribution < -0.4 is 4.90 Å². The molecule has 1 fully saturated rings. The number of benzene rings is 1. The summed E-state index contributed by atoms with van der Waals surface area (Å²) in [5.41, 5.74) is 2.11. The van der Waals surface area contributed by atoms with Gasteiger partial charge < -0.3 is 4.90 Å². The van der Waals surface area contributed by atoms with Crippen molar-refractivity contribution in [1.29, 1.82) is 0 Å². The smallest absolute Gasteiger partial charge is 0.178 e. The molecule has 1 saturated heterocycles. The van der Waals surface area contributed by atoms with Gasteiger partial charge in [-0.2, -0.15) is 4.52 Å². The van der Waals surface area contributed by atoms with Crippen molar-refractivity contribution in [3.63, 3.8) is 0 Å². The van der Waals surface area contributed by atoms with E-state index in [-0.39, 0.29) is 5.41 Å². The zero-order valence-corrected chi connectivity index (χ0v) is 17.3. The first-order chi connectivity index (χ1) is 13.4. The molecule has 3 aromatic rings. The summed E-state index contributed by atoms with van der Waals surface area (Å²) in [6.45, 7) is 10.8. The minimum atomic E-state index is -0.0903. The predicted molar refractivity (Wildman–Crippen MR) is 113 cm³/mol. The molecule has 0 N–H and O–H groups in total. The Labute approximate surface area is 167 Å². The van der Waals surface area contributed by atoms with Crippen LogP contribution in [0.5, 0.6) is 0 Å². The third-order valence-corrected chi connectivity index (χ3v) is 5.46. The van der Waals surface area contributed by atoms with Gasteiger partial charge in [0.15, 0.2) is 11.5 Å². The van der Waals surface area contributed by atoms with Gasteiger partial charge in [-0.25, -0.2) is 0 Å². The van der Waals surface area contributed by atoms with Crippen molar-refractivity contribution in [3.8, 4) is 0 Å². The quantitative estimate of drug-likeness (QED) is 0.681. The first-order valence-corrected chi connectivity index (χ1v) is 10.1. The molecule has 4 rings (SSSR count). The van der Waals surface area contributed by atoms with E-state index in [4.69, 9.17) is 5.10 Å². The van der Waals surface area contributed by atoms with Crippen LogP contribution in [0, 0.1) is 5.92 Å². The first-order valence-electron chi connectivity index (χ1n) is 10.1. The molecule has 2 aromatic heterocycles. The zero-order valence-electron chi connectivity index (χ0n) is 17.3. The van der Waals surface area contributed by atoms with E-state index in [0.29, 0.717) is 5.92 Å². The molecule has 6 heteroatoms. The number of hydrogen-bond acceptors (Lipinski definition) is 5. The molecule has 1 aliphatic heterocycles. The predicted octanol–water partition coefficient (Wildman–Crippen LogP) is 3.38. The van der Waals surface area contributed by atoms with E-state index >= 15 is 0 Å². The highest BCUT2D eigenvalue weighted by Crippen LogP contribution is 2.23. The van der Waals surface area contributed by atoms with Crippen LogP contribution in [0.3, 0.4) is 0 Å². The summed E-state index contributed by atoms with van der Waals surface area (Å²) in [6, 6.07) is 14.8. The Balaban J connectivity index is 1.42. The van der Waals surface area contributed by atoms with Gasteiger partial charge in [-0.3, -0.25) is 4.90 Å². The zero-order chi connectivity index (χ0) is 19.7. The maximum atomic E-state index is 4.83. The van der Waals surface area contributed by atoms with Crippen molar-refractivity contribution in [2.75, 3.05) is 31.6 Å². The lowest BCUT2D eigenvalue weighted by molar-refractivity contribution is 0.317. The van der Waals surface area contributed by atoms with Gasteiger partial charge in [-0.05, 0) is 36.6 Å². The molecule has 1 atom stereocenters. The monoisotopic (exact) mass is 378 g/mol. The van der Waals surface area contributed by atoms with Gasteiger partial charge in [0.25, 0.3) is 0 Å². The Kier molecular flexibility index (Phi) is 5.06. The Morgan fingerprint density at radius 1 is 1.07 bits per heavy atom. The van der Waals surface area contributed by atoms with Crippen molar-refractivity contribution in [1.82, 2.24) is 24.7 Å². The molecule has 1 aliphatic rings. The Bertz CT molecular complexity index is 927. The second-order valence-corrected chi connectivity index (χ2v) is 8.99. The van der Waals surface area contributed by atoms with Gasteiger partial charge >= 0.3 is 0 Å². The Hall–Kier alpha value is -2.47.